The molecule has 1 amide bonds. The van der Waals surface area contributed by atoms with E-state index in [4.69, 9.17) is 4.84 Å². The molecule has 2 heterocycles. The van der Waals surface area contributed by atoms with Gasteiger partial charge in [0.05, 0.1) is 7.11 Å². The van der Waals surface area contributed by atoms with Gasteiger partial charge >= 0.3 is 0 Å². The maximum atomic E-state index is 10.6. The summed E-state index contributed by atoms with van der Waals surface area (Å²) >= 11 is 0. The van der Waals surface area contributed by atoms with Crippen LogP contribution in [0.5, 0.6) is 0 Å². The number of rotatable bonds is 8. The number of hydroxylamine groups is 2. The van der Waals surface area contributed by atoms with Gasteiger partial charge in [-0.1, -0.05) is 0 Å². The van der Waals surface area contributed by atoms with Crippen molar-refractivity contribution >= 4 is 12.4 Å². The van der Waals surface area contributed by atoms with Crippen LogP contribution in [-0.4, -0.2) is 72.7 Å². The molecule has 1 aromatic heterocycles. The minimum atomic E-state index is 0.651. The predicted octanol–water partition coefficient (Wildman–Crippen LogP) is 0.399. The van der Waals surface area contributed by atoms with Crippen LogP contribution < -0.4 is 4.90 Å². The molecular formula is C14H23N5O2. The molecule has 0 radical (unpaired) electrons. The second kappa shape index (κ2) is 8.53. The molecule has 1 aromatic rings. The summed E-state index contributed by atoms with van der Waals surface area (Å²) in [6.07, 6.45) is 6.30. The quantitative estimate of drug-likeness (QED) is 0.393. The van der Waals surface area contributed by atoms with E-state index < -0.39 is 0 Å². The lowest BCUT2D eigenvalue weighted by molar-refractivity contribution is -0.161. The average Bonchev–Trinajstić information content (AvgIpc) is 2.56. The summed E-state index contributed by atoms with van der Waals surface area (Å²) in [7, 11) is 1.51. The van der Waals surface area contributed by atoms with Crippen molar-refractivity contribution in [1.29, 1.82) is 0 Å². The molecule has 0 spiro atoms. The lowest BCUT2D eigenvalue weighted by Gasteiger charge is -2.34. The average molecular weight is 293 g/mol. The fourth-order valence-electron chi connectivity index (χ4n) is 2.42. The number of unbranched alkanes of at least 4 members (excludes halogenated alkanes) is 1. The summed E-state index contributed by atoms with van der Waals surface area (Å²) in [5, 5.41) is 1.32. The maximum Gasteiger partial charge on any atom is 0.233 e. The molecule has 0 aromatic carbocycles. The highest BCUT2D eigenvalue weighted by Gasteiger charge is 2.18. The number of nitrogens with zero attached hydrogens (tertiary/aromatic N) is 5. The van der Waals surface area contributed by atoms with Crippen molar-refractivity contribution in [2.45, 2.75) is 12.8 Å². The van der Waals surface area contributed by atoms with Crippen LogP contribution in [0.1, 0.15) is 12.8 Å². The zero-order valence-corrected chi connectivity index (χ0v) is 12.5. The molecule has 1 fully saturated rings. The Morgan fingerprint density at radius 1 is 1.24 bits per heavy atom. The maximum absolute atomic E-state index is 10.6. The predicted molar refractivity (Wildman–Crippen MR) is 79.7 cm³/mol. The second-order valence-corrected chi connectivity index (χ2v) is 5.01. The van der Waals surface area contributed by atoms with E-state index in [1.54, 1.807) is 12.4 Å². The van der Waals surface area contributed by atoms with Crippen LogP contribution in [0.4, 0.5) is 5.95 Å². The van der Waals surface area contributed by atoms with Crippen molar-refractivity contribution in [3.8, 4) is 0 Å². The number of amides is 1. The van der Waals surface area contributed by atoms with Crippen molar-refractivity contribution in [1.82, 2.24) is 19.9 Å². The molecule has 7 heteroatoms. The van der Waals surface area contributed by atoms with E-state index in [-0.39, 0.29) is 0 Å². The number of piperazine rings is 1. The Labute approximate surface area is 125 Å². The first-order valence-electron chi connectivity index (χ1n) is 7.34. The molecular weight excluding hydrogens is 270 g/mol. The Kier molecular flexibility index (Phi) is 6.36. The van der Waals surface area contributed by atoms with Gasteiger partial charge in [-0.05, 0) is 25.5 Å². The zero-order valence-electron chi connectivity index (χ0n) is 12.5. The number of carbonyl (C=O) groups excluding carboxylic acids is 1. The van der Waals surface area contributed by atoms with Gasteiger partial charge in [0.2, 0.25) is 12.4 Å². The van der Waals surface area contributed by atoms with Gasteiger partial charge in [-0.25, -0.2) is 15.0 Å². The number of aromatic nitrogens is 2. The van der Waals surface area contributed by atoms with E-state index in [0.29, 0.717) is 6.54 Å². The molecule has 116 valence electrons. The van der Waals surface area contributed by atoms with Crippen molar-refractivity contribution < 1.29 is 9.63 Å². The van der Waals surface area contributed by atoms with Gasteiger partial charge in [-0.2, -0.15) is 0 Å². The molecule has 1 aliphatic heterocycles. The molecule has 0 bridgehead atoms. The standard InChI is InChI=1S/C14H23N5O2/c1-21-19(13-20)8-3-2-7-17-9-11-18(12-10-17)14-15-5-4-6-16-14/h4-6,13H,2-3,7-12H2,1H3. The summed E-state index contributed by atoms with van der Waals surface area (Å²) in [4.78, 5) is 28.7. The van der Waals surface area contributed by atoms with Crippen molar-refractivity contribution in [2.24, 2.45) is 0 Å². The van der Waals surface area contributed by atoms with E-state index in [9.17, 15) is 4.79 Å². The first-order chi connectivity index (χ1) is 10.3. The van der Waals surface area contributed by atoms with E-state index in [0.717, 1.165) is 57.9 Å². The van der Waals surface area contributed by atoms with Crippen LogP contribution in [0, 0.1) is 0 Å². The monoisotopic (exact) mass is 293 g/mol. The molecule has 7 nitrogen and oxygen atoms in total. The highest BCUT2D eigenvalue weighted by molar-refractivity contribution is 5.44. The minimum absolute atomic E-state index is 0.651. The van der Waals surface area contributed by atoms with Gasteiger partial charge < -0.3 is 4.90 Å². The van der Waals surface area contributed by atoms with E-state index in [1.807, 2.05) is 6.07 Å². The number of hydrogen-bond acceptors (Lipinski definition) is 6. The van der Waals surface area contributed by atoms with Crippen LogP contribution in [0.25, 0.3) is 0 Å². The summed E-state index contributed by atoms with van der Waals surface area (Å²) in [5.41, 5.74) is 0. The lowest BCUT2D eigenvalue weighted by Crippen LogP contribution is -2.47. The van der Waals surface area contributed by atoms with Gasteiger partial charge in [0, 0.05) is 45.1 Å². The summed E-state index contributed by atoms with van der Waals surface area (Å²) in [6, 6.07) is 1.84. The fourth-order valence-corrected chi connectivity index (χ4v) is 2.42. The normalized spacial score (nSPS) is 16.0. The third-order valence-electron chi connectivity index (χ3n) is 3.66. The highest BCUT2D eigenvalue weighted by Crippen LogP contribution is 2.10. The van der Waals surface area contributed by atoms with Crippen molar-refractivity contribution in [2.75, 3.05) is 51.3 Å². The van der Waals surface area contributed by atoms with E-state index in [2.05, 4.69) is 19.8 Å². The smallest absolute Gasteiger partial charge is 0.233 e. The lowest BCUT2D eigenvalue weighted by atomic mass is 10.2. The summed E-state index contributed by atoms with van der Waals surface area (Å²) in [5.74, 6) is 0.818. The van der Waals surface area contributed by atoms with E-state index >= 15 is 0 Å². The van der Waals surface area contributed by atoms with Gasteiger partial charge in [0.15, 0.2) is 0 Å². The SMILES string of the molecule is CON(C=O)CCCCN1CCN(c2ncccn2)CC1. The Balaban J connectivity index is 1.62. The van der Waals surface area contributed by atoms with Crippen LogP contribution in [0.15, 0.2) is 18.5 Å². The van der Waals surface area contributed by atoms with E-state index in [1.165, 1.54) is 12.2 Å². The zero-order chi connectivity index (χ0) is 14.9. The van der Waals surface area contributed by atoms with Crippen LogP contribution in [-0.2, 0) is 9.63 Å². The highest BCUT2D eigenvalue weighted by atomic mass is 16.7. The Morgan fingerprint density at radius 2 is 1.95 bits per heavy atom. The molecule has 0 atom stereocenters. The number of anilines is 1. The Bertz CT molecular complexity index is 409. The third-order valence-corrected chi connectivity index (χ3v) is 3.66. The van der Waals surface area contributed by atoms with Crippen molar-refractivity contribution in [3.05, 3.63) is 18.5 Å². The molecule has 2 rings (SSSR count). The molecule has 0 aliphatic carbocycles. The molecule has 0 unspecified atom stereocenters. The topological polar surface area (TPSA) is 61.8 Å². The van der Waals surface area contributed by atoms with Gasteiger partial charge in [-0.3, -0.25) is 14.5 Å². The first kappa shape index (κ1) is 15.7. The number of hydrogen-bond donors (Lipinski definition) is 0. The minimum Gasteiger partial charge on any atom is -0.338 e. The first-order valence-corrected chi connectivity index (χ1v) is 7.34. The van der Waals surface area contributed by atoms with Crippen molar-refractivity contribution in [3.63, 3.8) is 0 Å². The fraction of sp³-hybridized carbons (Fsp3) is 0.643. The van der Waals surface area contributed by atoms with Crippen LogP contribution in [0.2, 0.25) is 0 Å². The van der Waals surface area contributed by atoms with Gasteiger partial charge in [0.1, 0.15) is 0 Å². The molecule has 1 aliphatic rings. The Hall–Kier alpha value is -1.73. The molecule has 0 saturated carbocycles. The second-order valence-electron chi connectivity index (χ2n) is 5.01. The van der Waals surface area contributed by atoms with Gasteiger partial charge in [0.25, 0.3) is 0 Å². The third kappa shape index (κ3) is 4.95. The molecule has 1 saturated heterocycles. The van der Waals surface area contributed by atoms with Crippen LogP contribution in [0.3, 0.4) is 0 Å². The summed E-state index contributed by atoms with van der Waals surface area (Å²) < 4.78 is 0. The largest absolute Gasteiger partial charge is 0.338 e. The molecule has 21 heavy (non-hydrogen) atoms. The molecule has 0 N–H and O–H groups in total. The van der Waals surface area contributed by atoms with Crippen LogP contribution >= 0.6 is 0 Å². The summed E-state index contributed by atoms with van der Waals surface area (Å²) in [6.45, 7) is 5.68. The number of carbonyl (C=O) groups is 1. The van der Waals surface area contributed by atoms with Gasteiger partial charge in [-0.15, -0.1) is 0 Å². The Morgan fingerprint density at radius 3 is 2.57 bits per heavy atom.